The van der Waals surface area contributed by atoms with Crippen LogP contribution >= 0.6 is 0 Å². The van der Waals surface area contributed by atoms with Crippen molar-refractivity contribution in [1.29, 1.82) is 0 Å². The van der Waals surface area contributed by atoms with Gasteiger partial charge in [-0.3, -0.25) is 9.97 Å². The van der Waals surface area contributed by atoms with Crippen LogP contribution < -0.4 is 10.2 Å². The van der Waals surface area contributed by atoms with Crippen LogP contribution in [0.4, 0.5) is 10.3 Å². The molecule has 31 heavy (non-hydrogen) atoms. The third kappa shape index (κ3) is 3.77. The third-order valence-corrected chi connectivity index (χ3v) is 5.76. The molecule has 0 aliphatic carbocycles. The van der Waals surface area contributed by atoms with E-state index in [9.17, 15) is 4.39 Å². The van der Waals surface area contributed by atoms with Crippen LogP contribution in [0.1, 0.15) is 16.8 Å². The summed E-state index contributed by atoms with van der Waals surface area (Å²) in [5.41, 5.74) is 6.41. The van der Waals surface area contributed by atoms with Crippen LogP contribution in [0.15, 0.2) is 48.8 Å². The van der Waals surface area contributed by atoms with E-state index in [4.69, 9.17) is 9.97 Å². The standard InChI is InChI=1S/C24H25FN6/c1-16-13-18(3-4-20(16)25)15-31-21-14-17(2)28-22(19-5-7-26-8-6-19)23(21)29-24(31)30-11-9-27-10-12-30/h3-8,13-14,27H,9-12,15H2,1-2H3. The van der Waals surface area contributed by atoms with E-state index in [1.807, 2.05) is 31.2 Å². The average Bonchev–Trinajstić information content (AvgIpc) is 3.15. The molecule has 158 valence electrons. The van der Waals surface area contributed by atoms with Crippen molar-refractivity contribution >= 4 is 17.0 Å². The number of aromatic nitrogens is 4. The molecule has 5 rings (SSSR count). The fraction of sp³-hybridized carbons (Fsp3) is 0.292. The monoisotopic (exact) mass is 416 g/mol. The number of nitrogens with zero attached hydrogens (tertiary/aromatic N) is 5. The summed E-state index contributed by atoms with van der Waals surface area (Å²) in [6.45, 7) is 8.06. The van der Waals surface area contributed by atoms with Gasteiger partial charge in [-0.15, -0.1) is 0 Å². The Morgan fingerprint density at radius 3 is 2.52 bits per heavy atom. The van der Waals surface area contributed by atoms with Crippen molar-refractivity contribution in [2.45, 2.75) is 20.4 Å². The SMILES string of the molecule is Cc1cc2c(nc(N3CCNCC3)n2Cc2ccc(F)c(C)c2)c(-c2ccncc2)n1. The van der Waals surface area contributed by atoms with Gasteiger partial charge in [-0.2, -0.15) is 0 Å². The van der Waals surface area contributed by atoms with Gasteiger partial charge >= 0.3 is 0 Å². The van der Waals surface area contributed by atoms with E-state index in [-0.39, 0.29) is 5.82 Å². The number of nitrogens with one attached hydrogen (secondary N) is 1. The van der Waals surface area contributed by atoms with Crippen LogP contribution in [0, 0.1) is 19.7 Å². The summed E-state index contributed by atoms with van der Waals surface area (Å²) in [6.07, 6.45) is 3.56. The molecule has 0 unspecified atom stereocenters. The first-order valence-electron chi connectivity index (χ1n) is 10.6. The number of pyridine rings is 2. The fourth-order valence-electron chi connectivity index (χ4n) is 4.19. The van der Waals surface area contributed by atoms with Crippen molar-refractivity contribution in [2.24, 2.45) is 0 Å². The van der Waals surface area contributed by atoms with Gasteiger partial charge in [0.05, 0.1) is 17.8 Å². The van der Waals surface area contributed by atoms with Gasteiger partial charge in [0, 0.05) is 49.8 Å². The number of halogens is 1. The Labute approximate surface area is 180 Å². The summed E-state index contributed by atoms with van der Waals surface area (Å²) in [6, 6.07) is 11.3. The van der Waals surface area contributed by atoms with Crippen LogP contribution in [-0.2, 0) is 6.54 Å². The Kier molecular flexibility index (Phi) is 5.11. The molecule has 6 nitrogen and oxygen atoms in total. The zero-order valence-electron chi connectivity index (χ0n) is 17.8. The molecule has 0 radical (unpaired) electrons. The lowest BCUT2D eigenvalue weighted by Crippen LogP contribution is -2.44. The number of hydrogen-bond donors (Lipinski definition) is 1. The Bertz CT molecular complexity index is 1230. The first-order chi connectivity index (χ1) is 15.1. The zero-order valence-corrected chi connectivity index (χ0v) is 17.8. The lowest BCUT2D eigenvalue weighted by Gasteiger charge is -2.29. The van der Waals surface area contributed by atoms with Gasteiger partial charge in [0.1, 0.15) is 11.3 Å². The highest BCUT2D eigenvalue weighted by atomic mass is 19.1. The highest BCUT2D eigenvalue weighted by Gasteiger charge is 2.22. The quantitative estimate of drug-likeness (QED) is 0.550. The van der Waals surface area contributed by atoms with Gasteiger partial charge in [-0.05, 0) is 49.2 Å². The van der Waals surface area contributed by atoms with Gasteiger partial charge in [-0.25, -0.2) is 9.37 Å². The Balaban J connectivity index is 1.70. The first-order valence-corrected chi connectivity index (χ1v) is 10.6. The number of imidazole rings is 1. The first kappa shape index (κ1) is 19.6. The van der Waals surface area contributed by atoms with Gasteiger partial charge in [0.25, 0.3) is 0 Å². The lowest BCUT2D eigenvalue weighted by molar-refractivity contribution is 0.571. The van der Waals surface area contributed by atoms with Crippen LogP contribution in [0.5, 0.6) is 0 Å². The minimum atomic E-state index is -0.179. The number of hydrogen-bond acceptors (Lipinski definition) is 5. The minimum absolute atomic E-state index is 0.179. The molecule has 4 aromatic rings. The van der Waals surface area contributed by atoms with Crippen molar-refractivity contribution in [1.82, 2.24) is 24.8 Å². The maximum absolute atomic E-state index is 13.8. The molecule has 1 fully saturated rings. The Hall–Kier alpha value is -3.32. The zero-order chi connectivity index (χ0) is 21.4. The number of anilines is 1. The molecule has 1 aliphatic heterocycles. The minimum Gasteiger partial charge on any atom is -0.340 e. The van der Waals surface area contributed by atoms with Gasteiger partial charge in [0.15, 0.2) is 0 Å². The Morgan fingerprint density at radius 2 is 1.77 bits per heavy atom. The summed E-state index contributed by atoms with van der Waals surface area (Å²) in [5.74, 6) is 0.753. The van der Waals surface area contributed by atoms with E-state index in [0.717, 1.165) is 65.7 Å². The molecular formula is C24H25FN6. The van der Waals surface area contributed by atoms with Crippen molar-refractivity contribution in [3.63, 3.8) is 0 Å². The normalized spacial score (nSPS) is 14.4. The van der Waals surface area contributed by atoms with E-state index in [2.05, 4.69) is 25.8 Å². The molecule has 4 heterocycles. The second-order valence-corrected chi connectivity index (χ2v) is 8.03. The van der Waals surface area contributed by atoms with Crippen LogP contribution in [0.2, 0.25) is 0 Å². The van der Waals surface area contributed by atoms with Crippen molar-refractivity contribution in [3.05, 3.63) is 71.4 Å². The third-order valence-electron chi connectivity index (χ3n) is 5.76. The molecule has 3 aromatic heterocycles. The highest BCUT2D eigenvalue weighted by Crippen LogP contribution is 2.31. The van der Waals surface area contributed by atoms with Gasteiger partial charge in [0.2, 0.25) is 5.95 Å². The molecule has 7 heteroatoms. The number of piperazine rings is 1. The van der Waals surface area contributed by atoms with E-state index < -0.39 is 0 Å². The molecule has 0 bridgehead atoms. The van der Waals surface area contributed by atoms with E-state index in [1.54, 1.807) is 25.4 Å². The lowest BCUT2D eigenvalue weighted by atomic mass is 10.1. The number of rotatable bonds is 4. The van der Waals surface area contributed by atoms with E-state index in [0.29, 0.717) is 12.1 Å². The summed E-state index contributed by atoms with van der Waals surface area (Å²) in [4.78, 5) is 16.4. The van der Waals surface area contributed by atoms with Gasteiger partial charge in [-0.1, -0.05) is 12.1 Å². The van der Waals surface area contributed by atoms with Crippen LogP contribution in [-0.4, -0.2) is 45.7 Å². The number of aryl methyl sites for hydroxylation is 2. The summed E-state index contributed by atoms with van der Waals surface area (Å²) in [5, 5.41) is 3.41. The van der Waals surface area contributed by atoms with E-state index in [1.165, 1.54) is 0 Å². The molecule has 0 saturated carbocycles. The second-order valence-electron chi connectivity index (χ2n) is 8.03. The summed E-state index contributed by atoms with van der Waals surface area (Å²) >= 11 is 0. The molecule has 0 amide bonds. The van der Waals surface area contributed by atoms with Crippen LogP contribution in [0.25, 0.3) is 22.3 Å². The smallest absolute Gasteiger partial charge is 0.207 e. The molecule has 1 N–H and O–H groups in total. The largest absolute Gasteiger partial charge is 0.340 e. The summed E-state index contributed by atoms with van der Waals surface area (Å²) in [7, 11) is 0. The maximum atomic E-state index is 13.8. The molecule has 1 saturated heterocycles. The molecule has 1 aliphatic rings. The molecule has 0 atom stereocenters. The maximum Gasteiger partial charge on any atom is 0.207 e. The van der Waals surface area contributed by atoms with Crippen molar-refractivity contribution in [3.8, 4) is 11.3 Å². The topological polar surface area (TPSA) is 58.9 Å². The predicted molar refractivity (Wildman–Crippen MR) is 121 cm³/mol. The van der Waals surface area contributed by atoms with Gasteiger partial charge < -0.3 is 14.8 Å². The fourth-order valence-corrected chi connectivity index (χ4v) is 4.19. The molecule has 1 aromatic carbocycles. The van der Waals surface area contributed by atoms with Crippen molar-refractivity contribution < 1.29 is 4.39 Å². The number of benzene rings is 1. The van der Waals surface area contributed by atoms with Crippen LogP contribution in [0.3, 0.4) is 0 Å². The predicted octanol–water partition coefficient (Wildman–Crippen LogP) is 3.71. The molecular weight excluding hydrogens is 391 g/mol. The van der Waals surface area contributed by atoms with Crippen molar-refractivity contribution in [2.75, 3.05) is 31.1 Å². The number of fused-ring (bicyclic) bond motifs is 1. The summed E-state index contributed by atoms with van der Waals surface area (Å²) < 4.78 is 16.1. The molecule has 0 spiro atoms. The second kappa shape index (κ2) is 8.07. The van der Waals surface area contributed by atoms with E-state index >= 15 is 0 Å². The highest BCUT2D eigenvalue weighted by molar-refractivity contribution is 5.92. The Morgan fingerprint density at radius 1 is 1.00 bits per heavy atom. The average molecular weight is 417 g/mol.